The third-order valence-corrected chi connectivity index (χ3v) is 2.06. The van der Waals surface area contributed by atoms with Crippen molar-refractivity contribution in [2.45, 2.75) is 0 Å². The van der Waals surface area contributed by atoms with Crippen molar-refractivity contribution >= 4 is 17.3 Å². The molecule has 0 saturated carbocycles. The Labute approximate surface area is 83.9 Å². The molecule has 0 atom stereocenters. The second-order valence-corrected chi connectivity index (χ2v) is 3.17. The van der Waals surface area contributed by atoms with Crippen LogP contribution in [0.1, 0.15) is 0 Å². The standard InChI is InChI=1S/C8H7ClN4O/c9-6-3-4(10)1-2-5(6)7-11-8(14)13-12-7/h1-3H,10H2,(H2,11,12,13,14). The number of hydrogen-bond acceptors (Lipinski definition) is 3. The molecule has 0 unspecified atom stereocenters. The second kappa shape index (κ2) is 3.19. The van der Waals surface area contributed by atoms with E-state index in [1.54, 1.807) is 18.2 Å². The first-order chi connectivity index (χ1) is 6.66. The number of nitrogens with zero attached hydrogens (tertiary/aromatic N) is 1. The Morgan fingerprint density at radius 2 is 2.21 bits per heavy atom. The van der Waals surface area contributed by atoms with Gasteiger partial charge in [-0.3, -0.25) is 4.98 Å². The summed E-state index contributed by atoms with van der Waals surface area (Å²) in [5.74, 6) is 0.403. The molecule has 0 aliphatic carbocycles. The normalized spacial score (nSPS) is 10.4. The summed E-state index contributed by atoms with van der Waals surface area (Å²) in [5, 5.41) is 6.47. The van der Waals surface area contributed by atoms with E-state index in [0.717, 1.165) is 0 Å². The van der Waals surface area contributed by atoms with Gasteiger partial charge in [0.15, 0.2) is 5.82 Å². The zero-order valence-corrected chi connectivity index (χ0v) is 7.80. The SMILES string of the molecule is Nc1ccc(-c2n[nH]c(=O)[nH]2)c(Cl)c1. The average molecular weight is 211 g/mol. The first-order valence-electron chi connectivity index (χ1n) is 3.87. The number of nitrogens with one attached hydrogen (secondary N) is 2. The highest BCUT2D eigenvalue weighted by atomic mass is 35.5. The molecule has 0 fully saturated rings. The molecular formula is C8H7ClN4O. The van der Waals surface area contributed by atoms with Crippen molar-refractivity contribution < 1.29 is 0 Å². The molecule has 0 aliphatic heterocycles. The highest BCUT2D eigenvalue weighted by molar-refractivity contribution is 6.33. The molecule has 0 spiro atoms. The topological polar surface area (TPSA) is 87.6 Å². The number of nitrogen functional groups attached to an aromatic ring is 1. The number of rotatable bonds is 1. The van der Waals surface area contributed by atoms with Gasteiger partial charge < -0.3 is 5.73 Å². The maximum absolute atomic E-state index is 10.8. The van der Waals surface area contributed by atoms with E-state index in [1.807, 2.05) is 0 Å². The lowest BCUT2D eigenvalue weighted by molar-refractivity contribution is 1.05. The summed E-state index contributed by atoms with van der Waals surface area (Å²) in [5.41, 5.74) is 6.36. The molecule has 2 aromatic rings. The fraction of sp³-hybridized carbons (Fsp3) is 0. The summed E-state index contributed by atoms with van der Waals surface area (Å²) < 4.78 is 0. The highest BCUT2D eigenvalue weighted by Crippen LogP contribution is 2.25. The Bertz CT molecular complexity index is 516. The van der Waals surface area contributed by atoms with Crippen LogP contribution in [0.4, 0.5) is 5.69 Å². The largest absolute Gasteiger partial charge is 0.399 e. The van der Waals surface area contributed by atoms with E-state index in [0.29, 0.717) is 22.1 Å². The van der Waals surface area contributed by atoms with Crippen LogP contribution in [-0.4, -0.2) is 15.2 Å². The van der Waals surface area contributed by atoms with Gasteiger partial charge in [0.25, 0.3) is 0 Å². The molecule has 72 valence electrons. The summed E-state index contributed by atoms with van der Waals surface area (Å²) in [6.45, 7) is 0. The van der Waals surface area contributed by atoms with Crippen LogP contribution >= 0.6 is 11.6 Å². The molecule has 5 nitrogen and oxygen atoms in total. The molecule has 0 bridgehead atoms. The molecule has 1 heterocycles. The summed E-state index contributed by atoms with van der Waals surface area (Å²) in [4.78, 5) is 13.3. The molecule has 4 N–H and O–H groups in total. The molecule has 0 saturated heterocycles. The van der Waals surface area contributed by atoms with Crippen molar-refractivity contribution in [3.63, 3.8) is 0 Å². The van der Waals surface area contributed by atoms with Gasteiger partial charge in [0.05, 0.1) is 5.02 Å². The van der Waals surface area contributed by atoms with Gasteiger partial charge in [0, 0.05) is 11.3 Å². The number of benzene rings is 1. The average Bonchev–Trinajstić information content (AvgIpc) is 2.51. The number of nitrogens with two attached hydrogens (primary N) is 1. The van der Waals surface area contributed by atoms with Crippen LogP contribution in [0, 0.1) is 0 Å². The molecule has 0 aliphatic rings. The molecule has 6 heteroatoms. The Balaban J connectivity index is 2.57. The van der Waals surface area contributed by atoms with E-state index in [1.165, 1.54) is 0 Å². The Hall–Kier alpha value is -1.75. The third-order valence-electron chi connectivity index (χ3n) is 1.75. The quantitative estimate of drug-likeness (QED) is 0.614. The van der Waals surface area contributed by atoms with Gasteiger partial charge in [-0.15, -0.1) is 0 Å². The minimum Gasteiger partial charge on any atom is -0.399 e. The fourth-order valence-electron chi connectivity index (χ4n) is 1.12. The summed E-state index contributed by atoms with van der Waals surface area (Å²) in [6.07, 6.45) is 0. The van der Waals surface area contributed by atoms with E-state index in [9.17, 15) is 4.79 Å². The maximum Gasteiger partial charge on any atom is 0.340 e. The number of anilines is 1. The molecule has 0 amide bonds. The van der Waals surface area contributed by atoms with Crippen LogP contribution in [0.3, 0.4) is 0 Å². The summed E-state index contributed by atoms with van der Waals surface area (Å²) >= 11 is 5.92. The molecule has 14 heavy (non-hydrogen) atoms. The van der Waals surface area contributed by atoms with Crippen molar-refractivity contribution in [2.24, 2.45) is 0 Å². The van der Waals surface area contributed by atoms with Gasteiger partial charge in [-0.1, -0.05) is 11.6 Å². The van der Waals surface area contributed by atoms with Crippen LogP contribution in [0.5, 0.6) is 0 Å². The lowest BCUT2D eigenvalue weighted by Crippen LogP contribution is -2.00. The Kier molecular flexibility index (Phi) is 2.01. The van der Waals surface area contributed by atoms with Crippen molar-refractivity contribution in [2.75, 3.05) is 5.73 Å². The van der Waals surface area contributed by atoms with Crippen molar-refractivity contribution in [1.29, 1.82) is 0 Å². The minimum absolute atomic E-state index is 0.368. The molecule has 2 rings (SSSR count). The Morgan fingerprint density at radius 1 is 1.43 bits per heavy atom. The Morgan fingerprint density at radius 3 is 2.79 bits per heavy atom. The van der Waals surface area contributed by atoms with Gasteiger partial charge in [-0.05, 0) is 18.2 Å². The predicted molar refractivity (Wildman–Crippen MR) is 54.1 cm³/mol. The van der Waals surface area contributed by atoms with Gasteiger partial charge >= 0.3 is 5.69 Å². The van der Waals surface area contributed by atoms with Crippen LogP contribution in [0.25, 0.3) is 11.4 Å². The van der Waals surface area contributed by atoms with Crippen molar-refractivity contribution in [3.05, 3.63) is 33.7 Å². The van der Waals surface area contributed by atoms with Crippen LogP contribution in [0.2, 0.25) is 5.02 Å². The van der Waals surface area contributed by atoms with Gasteiger partial charge in [0.1, 0.15) is 0 Å². The lowest BCUT2D eigenvalue weighted by atomic mass is 10.2. The van der Waals surface area contributed by atoms with E-state index >= 15 is 0 Å². The van der Waals surface area contributed by atoms with Crippen LogP contribution in [0.15, 0.2) is 23.0 Å². The van der Waals surface area contributed by atoms with E-state index in [4.69, 9.17) is 17.3 Å². The third kappa shape index (κ3) is 1.49. The summed E-state index contributed by atoms with van der Waals surface area (Å²) in [7, 11) is 0. The number of halogens is 1. The first-order valence-corrected chi connectivity index (χ1v) is 4.24. The number of H-pyrrole nitrogens is 2. The fourth-order valence-corrected chi connectivity index (χ4v) is 1.40. The lowest BCUT2D eigenvalue weighted by Gasteiger charge is -2.00. The zero-order chi connectivity index (χ0) is 10.1. The zero-order valence-electron chi connectivity index (χ0n) is 7.04. The van der Waals surface area contributed by atoms with Gasteiger partial charge in [-0.25, -0.2) is 9.89 Å². The predicted octanol–water partition coefficient (Wildman–Crippen LogP) is 1.00. The maximum atomic E-state index is 10.8. The smallest absolute Gasteiger partial charge is 0.340 e. The monoisotopic (exact) mass is 210 g/mol. The van der Waals surface area contributed by atoms with E-state index < -0.39 is 0 Å². The van der Waals surface area contributed by atoms with Gasteiger partial charge in [-0.2, -0.15) is 5.10 Å². The summed E-state index contributed by atoms with van der Waals surface area (Å²) in [6, 6.07) is 4.99. The highest BCUT2D eigenvalue weighted by Gasteiger charge is 2.06. The van der Waals surface area contributed by atoms with Crippen molar-refractivity contribution in [1.82, 2.24) is 15.2 Å². The number of hydrogen-bond donors (Lipinski definition) is 3. The molecule has 1 aromatic carbocycles. The van der Waals surface area contributed by atoms with E-state index in [2.05, 4.69) is 15.2 Å². The minimum atomic E-state index is -0.368. The molecule has 1 aromatic heterocycles. The molecular weight excluding hydrogens is 204 g/mol. The molecule has 0 radical (unpaired) electrons. The number of aromatic nitrogens is 3. The van der Waals surface area contributed by atoms with Gasteiger partial charge in [0.2, 0.25) is 0 Å². The van der Waals surface area contributed by atoms with Crippen LogP contribution < -0.4 is 11.4 Å². The number of aromatic amines is 2. The van der Waals surface area contributed by atoms with E-state index in [-0.39, 0.29) is 5.69 Å². The second-order valence-electron chi connectivity index (χ2n) is 2.77. The first kappa shape index (κ1) is 8.83. The van der Waals surface area contributed by atoms with Crippen molar-refractivity contribution in [3.8, 4) is 11.4 Å². The van der Waals surface area contributed by atoms with Crippen LogP contribution in [-0.2, 0) is 0 Å².